The summed E-state index contributed by atoms with van der Waals surface area (Å²) in [6, 6.07) is -0.849. The first-order chi connectivity index (χ1) is 7.81. The highest BCUT2D eigenvalue weighted by atomic mass is 16.4. The van der Waals surface area contributed by atoms with Gasteiger partial charge in [0.25, 0.3) is 5.91 Å². The Labute approximate surface area is 99.1 Å². The van der Waals surface area contributed by atoms with Crippen molar-refractivity contribution in [1.29, 1.82) is 0 Å². The summed E-state index contributed by atoms with van der Waals surface area (Å²) in [5.41, 5.74) is 1.86. The number of hydrazine groups is 1. The summed E-state index contributed by atoms with van der Waals surface area (Å²) in [7, 11) is 1.30. The van der Waals surface area contributed by atoms with Crippen molar-refractivity contribution in [3.8, 4) is 0 Å². The molecule has 0 aromatic carbocycles. The average Bonchev–Trinajstić information content (AvgIpc) is 2.25. The second kappa shape index (κ2) is 6.69. The van der Waals surface area contributed by atoms with Crippen molar-refractivity contribution in [1.82, 2.24) is 15.6 Å². The van der Waals surface area contributed by atoms with Crippen LogP contribution in [-0.4, -0.2) is 47.5 Å². The van der Waals surface area contributed by atoms with E-state index in [1.165, 1.54) is 7.05 Å². The largest absolute Gasteiger partial charge is 0.465 e. The molecular weight excluding hydrogens is 228 g/mol. The number of hydrogen-bond donors (Lipinski definition) is 4. The zero-order valence-corrected chi connectivity index (χ0v) is 10.1. The minimum absolute atomic E-state index is 0.211. The second-order valence-corrected chi connectivity index (χ2v) is 3.87. The van der Waals surface area contributed by atoms with E-state index in [1.807, 2.05) is 5.43 Å². The molecule has 0 aliphatic heterocycles. The lowest BCUT2D eigenvalue weighted by molar-refractivity contribution is -0.129. The van der Waals surface area contributed by atoms with Crippen molar-refractivity contribution in [3.63, 3.8) is 0 Å². The molecule has 8 heteroatoms. The van der Waals surface area contributed by atoms with E-state index >= 15 is 0 Å². The lowest BCUT2D eigenvalue weighted by Crippen LogP contribution is -2.52. The Morgan fingerprint density at radius 2 is 1.88 bits per heavy atom. The van der Waals surface area contributed by atoms with Gasteiger partial charge in [0.15, 0.2) is 0 Å². The average molecular weight is 246 g/mol. The fourth-order valence-corrected chi connectivity index (χ4v) is 1.37. The Morgan fingerprint density at radius 3 is 2.24 bits per heavy atom. The van der Waals surface area contributed by atoms with Gasteiger partial charge in [-0.25, -0.2) is 10.6 Å². The van der Waals surface area contributed by atoms with E-state index in [0.29, 0.717) is 0 Å². The van der Waals surface area contributed by atoms with Crippen LogP contribution in [0.1, 0.15) is 13.8 Å². The third-order valence-corrected chi connectivity index (χ3v) is 2.20. The normalized spacial score (nSPS) is 11.8. The van der Waals surface area contributed by atoms with Gasteiger partial charge < -0.3 is 10.4 Å². The van der Waals surface area contributed by atoms with Gasteiger partial charge in [-0.2, -0.15) is 0 Å². The number of amides is 3. The summed E-state index contributed by atoms with van der Waals surface area (Å²) in [6.07, 6.45) is -1.21. The van der Waals surface area contributed by atoms with Gasteiger partial charge in [0.05, 0.1) is 6.54 Å². The maximum Gasteiger partial charge on any atom is 0.407 e. The molecule has 17 heavy (non-hydrogen) atoms. The molecule has 0 unspecified atom stereocenters. The summed E-state index contributed by atoms with van der Waals surface area (Å²) < 4.78 is 0. The molecule has 0 saturated carbocycles. The van der Waals surface area contributed by atoms with Crippen LogP contribution in [0.3, 0.4) is 0 Å². The van der Waals surface area contributed by atoms with Gasteiger partial charge in [-0.1, -0.05) is 13.8 Å². The molecule has 0 fully saturated rings. The van der Waals surface area contributed by atoms with E-state index in [2.05, 4.69) is 5.32 Å². The standard InChI is InChI=1S/C9H18N4O4/c1-5(2)7(13(3)9(16)17)8(15)11-4-6(14)12-10/h5,7H,4,10H2,1-3H3,(H,11,15)(H,12,14)(H,16,17)/t7-/m0/s1. The Balaban J connectivity index is 4.56. The second-order valence-electron chi connectivity index (χ2n) is 3.87. The van der Waals surface area contributed by atoms with Gasteiger partial charge in [0.1, 0.15) is 6.04 Å². The van der Waals surface area contributed by atoms with E-state index in [0.717, 1.165) is 4.90 Å². The van der Waals surface area contributed by atoms with Crippen LogP contribution in [0.15, 0.2) is 0 Å². The highest BCUT2D eigenvalue weighted by molar-refractivity contribution is 5.89. The summed E-state index contributed by atoms with van der Waals surface area (Å²) in [4.78, 5) is 34.2. The fraction of sp³-hybridized carbons (Fsp3) is 0.667. The van der Waals surface area contributed by atoms with Crippen LogP contribution >= 0.6 is 0 Å². The minimum atomic E-state index is -1.21. The maximum atomic E-state index is 11.7. The van der Waals surface area contributed by atoms with Gasteiger partial charge in [-0.3, -0.25) is 19.9 Å². The van der Waals surface area contributed by atoms with E-state index < -0.39 is 23.9 Å². The van der Waals surface area contributed by atoms with Crippen LogP contribution in [0, 0.1) is 5.92 Å². The molecule has 3 amide bonds. The highest BCUT2D eigenvalue weighted by Gasteiger charge is 2.29. The van der Waals surface area contributed by atoms with Gasteiger partial charge in [-0.05, 0) is 5.92 Å². The lowest BCUT2D eigenvalue weighted by atomic mass is 10.0. The molecule has 8 nitrogen and oxygen atoms in total. The number of nitrogens with two attached hydrogens (primary N) is 1. The quantitative estimate of drug-likeness (QED) is 0.273. The van der Waals surface area contributed by atoms with Crippen molar-refractivity contribution >= 4 is 17.9 Å². The van der Waals surface area contributed by atoms with Gasteiger partial charge in [0.2, 0.25) is 5.91 Å². The Morgan fingerprint density at radius 1 is 1.35 bits per heavy atom. The number of nitrogens with zero attached hydrogens (tertiary/aromatic N) is 1. The molecule has 0 aliphatic rings. The number of hydrogen-bond acceptors (Lipinski definition) is 4. The van der Waals surface area contributed by atoms with E-state index in [4.69, 9.17) is 10.9 Å². The van der Waals surface area contributed by atoms with Crippen LogP contribution in [-0.2, 0) is 9.59 Å². The molecule has 0 heterocycles. The lowest BCUT2D eigenvalue weighted by Gasteiger charge is -2.27. The number of likely N-dealkylation sites (N-methyl/N-ethyl adjacent to an activating group) is 1. The summed E-state index contributed by atoms with van der Waals surface area (Å²) in [5, 5.41) is 11.1. The van der Waals surface area contributed by atoms with Crippen molar-refractivity contribution < 1.29 is 19.5 Å². The number of nitrogens with one attached hydrogen (secondary N) is 2. The molecule has 1 atom stereocenters. The van der Waals surface area contributed by atoms with E-state index in [-0.39, 0.29) is 12.5 Å². The van der Waals surface area contributed by atoms with Gasteiger partial charge >= 0.3 is 6.09 Å². The molecule has 0 bridgehead atoms. The molecule has 98 valence electrons. The number of rotatable bonds is 5. The molecule has 0 aromatic rings. The third-order valence-electron chi connectivity index (χ3n) is 2.20. The number of carbonyl (C=O) groups is 3. The highest BCUT2D eigenvalue weighted by Crippen LogP contribution is 2.09. The van der Waals surface area contributed by atoms with Crippen LogP contribution in [0.2, 0.25) is 0 Å². The zero-order chi connectivity index (χ0) is 13.6. The molecule has 0 saturated heterocycles. The predicted molar refractivity (Wildman–Crippen MR) is 59.8 cm³/mol. The van der Waals surface area contributed by atoms with Crippen LogP contribution < -0.4 is 16.6 Å². The van der Waals surface area contributed by atoms with Crippen LogP contribution in [0.5, 0.6) is 0 Å². The fourth-order valence-electron chi connectivity index (χ4n) is 1.37. The van der Waals surface area contributed by atoms with Crippen molar-refractivity contribution in [2.75, 3.05) is 13.6 Å². The summed E-state index contributed by atoms with van der Waals surface area (Å²) in [5.74, 6) is 3.55. The summed E-state index contributed by atoms with van der Waals surface area (Å²) >= 11 is 0. The van der Waals surface area contributed by atoms with E-state index in [1.54, 1.807) is 13.8 Å². The first kappa shape index (κ1) is 15.2. The predicted octanol–water partition coefficient (Wildman–Crippen LogP) is -1.27. The van der Waals surface area contributed by atoms with Gasteiger partial charge in [-0.15, -0.1) is 0 Å². The smallest absolute Gasteiger partial charge is 0.407 e. The molecule has 5 N–H and O–H groups in total. The maximum absolute atomic E-state index is 11.7. The van der Waals surface area contributed by atoms with Gasteiger partial charge in [0, 0.05) is 7.05 Å². The van der Waals surface area contributed by atoms with E-state index in [9.17, 15) is 14.4 Å². The molecule has 0 aliphatic carbocycles. The molecular formula is C9H18N4O4. The first-order valence-electron chi connectivity index (χ1n) is 5.04. The minimum Gasteiger partial charge on any atom is -0.465 e. The molecule has 0 spiro atoms. The number of carboxylic acid groups (broad SMARTS) is 1. The van der Waals surface area contributed by atoms with Crippen LogP contribution in [0.25, 0.3) is 0 Å². The SMILES string of the molecule is CC(C)[C@@H](C(=O)NCC(=O)NN)N(C)C(=O)O. The topological polar surface area (TPSA) is 125 Å². The third kappa shape index (κ3) is 4.68. The Kier molecular flexibility index (Phi) is 5.97. The first-order valence-corrected chi connectivity index (χ1v) is 5.04. The molecule has 0 aromatic heterocycles. The summed E-state index contributed by atoms with van der Waals surface area (Å²) in [6.45, 7) is 3.14. The van der Waals surface area contributed by atoms with Crippen molar-refractivity contribution in [2.45, 2.75) is 19.9 Å². The van der Waals surface area contributed by atoms with Crippen molar-refractivity contribution in [3.05, 3.63) is 0 Å². The Hall–Kier alpha value is -1.83. The monoisotopic (exact) mass is 246 g/mol. The number of carbonyl (C=O) groups excluding carboxylic acids is 2. The zero-order valence-electron chi connectivity index (χ0n) is 10.1. The van der Waals surface area contributed by atoms with Crippen LogP contribution in [0.4, 0.5) is 4.79 Å². The van der Waals surface area contributed by atoms with Crippen molar-refractivity contribution in [2.24, 2.45) is 11.8 Å². The Bertz CT molecular complexity index is 305. The molecule has 0 rings (SSSR count). The molecule has 0 radical (unpaired) electrons.